The summed E-state index contributed by atoms with van der Waals surface area (Å²) in [6, 6.07) is 18.8. The van der Waals surface area contributed by atoms with E-state index in [2.05, 4.69) is 33.0 Å². The molecule has 1 N–H and O–H groups in total. The Morgan fingerprint density at radius 3 is 2.64 bits per heavy atom. The highest BCUT2D eigenvalue weighted by Crippen LogP contribution is 2.34. The van der Waals surface area contributed by atoms with E-state index in [1.165, 1.54) is 0 Å². The number of carbonyl (C=O) groups is 1. The fraction of sp³-hybridized carbons (Fsp3) is 0.286. The van der Waals surface area contributed by atoms with Gasteiger partial charge in [-0.05, 0) is 18.1 Å². The number of hydrogen-bond acceptors (Lipinski definition) is 2. The lowest BCUT2D eigenvalue weighted by atomic mass is 10.0. The van der Waals surface area contributed by atoms with Crippen molar-refractivity contribution < 1.29 is 4.79 Å². The van der Waals surface area contributed by atoms with Crippen molar-refractivity contribution in [1.82, 2.24) is 14.8 Å². The number of amides is 1. The summed E-state index contributed by atoms with van der Waals surface area (Å²) in [6.45, 7) is 3.95. The number of H-pyrrole nitrogens is 1. The van der Waals surface area contributed by atoms with Crippen molar-refractivity contribution in [3.8, 4) is 11.1 Å². The third-order valence-corrected chi connectivity index (χ3v) is 5.59. The summed E-state index contributed by atoms with van der Waals surface area (Å²) >= 11 is 0. The van der Waals surface area contributed by atoms with E-state index in [0.29, 0.717) is 6.04 Å². The van der Waals surface area contributed by atoms with Crippen molar-refractivity contribution in [2.45, 2.75) is 12.5 Å². The maximum absolute atomic E-state index is 13.4. The van der Waals surface area contributed by atoms with Crippen LogP contribution in [0.5, 0.6) is 0 Å². The van der Waals surface area contributed by atoms with Gasteiger partial charge < -0.3 is 9.88 Å². The number of piperazine rings is 1. The molecule has 1 aromatic heterocycles. The molecule has 1 amide bonds. The molecule has 4 nitrogen and oxygen atoms in total. The summed E-state index contributed by atoms with van der Waals surface area (Å²) in [7, 11) is 0. The average Bonchev–Trinajstić information content (AvgIpc) is 3.23. The normalized spacial score (nSPS) is 22.5. The summed E-state index contributed by atoms with van der Waals surface area (Å²) in [4.78, 5) is 21.4. The maximum Gasteiger partial charge on any atom is 0.271 e. The third-order valence-electron chi connectivity index (χ3n) is 5.59. The minimum Gasteiger partial charge on any atom is -0.350 e. The Hall–Kier alpha value is -2.59. The Labute approximate surface area is 147 Å². The maximum atomic E-state index is 13.4. The average molecular weight is 331 g/mol. The van der Waals surface area contributed by atoms with Crippen LogP contribution in [0.4, 0.5) is 0 Å². The molecule has 0 saturated carbocycles. The van der Waals surface area contributed by atoms with Gasteiger partial charge in [-0.2, -0.15) is 0 Å². The minimum absolute atomic E-state index is 0.140. The van der Waals surface area contributed by atoms with Crippen molar-refractivity contribution >= 4 is 16.8 Å². The van der Waals surface area contributed by atoms with E-state index in [-0.39, 0.29) is 5.91 Å². The zero-order valence-electron chi connectivity index (χ0n) is 14.1. The Balaban J connectivity index is 1.64. The SMILES string of the molecule is O=C(c1[nH]c2ccccc2c1-c1ccccc1)N1CCN2CCC1C2. The lowest BCUT2D eigenvalue weighted by molar-refractivity contribution is 0.0605. The van der Waals surface area contributed by atoms with E-state index in [0.717, 1.165) is 60.3 Å². The summed E-state index contributed by atoms with van der Waals surface area (Å²) in [5.74, 6) is 0.140. The molecule has 2 saturated heterocycles. The van der Waals surface area contributed by atoms with Gasteiger partial charge in [0.2, 0.25) is 0 Å². The molecule has 0 radical (unpaired) electrons. The lowest BCUT2D eigenvalue weighted by Gasteiger charge is -2.34. The molecule has 126 valence electrons. The van der Waals surface area contributed by atoms with Gasteiger partial charge in [-0.25, -0.2) is 0 Å². The van der Waals surface area contributed by atoms with Gasteiger partial charge in [0.05, 0.1) is 0 Å². The zero-order chi connectivity index (χ0) is 16.8. The van der Waals surface area contributed by atoms with Gasteiger partial charge in [0.15, 0.2) is 0 Å². The van der Waals surface area contributed by atoms with Crippen LogP contribution in [0.2, 0.25) is 0 Å². The van der Waals surface area contributed by atoms with Crippen molar-refractivity contribution in [2.75, 3.05) is 26.2 Å². The van der Waals surface area contributed by atoms with E-state index in [4.69, 9.17) is 0 Å². The smallest absolute Gasteiger partial charge is 0.271 e. The highest BCUT2D eigenvalue weighted by molar-refractivity contribution is 6.09. The van der Waals surface area contributed by atoms with E-state index in [1.54, 1.807) is 0 Å². The Morgan fingerprint density at radius 1 is 0.960 bits per heavy atom. The standard InChI is InChI=1S/C21H21N3O/c25-21(24-13-12-23-11-10-16(24)14-23)20-19(15-6-2-1-3-7-15)17-8-4-5-9-18(17)22-20/h1-9,16,22H,10-14H2. The molecule has 25 heavy (non-hydrogen) atoms. The van der Waals surface area contributed by atoms with Crippen LogP contribution in [0, 0.1) is 0 Å². The summed E-state index contributed by atoms with van der Waals surface area (Å²) < 4.78 is 0. The molecule has 2 aromatic carbocycles. The molecule has 2 fully saturated rings. The first-order valence-electron chi connectivity index (χ1n) is 9.01. The first-order valence-corrected chi connectivity index (χ1v) is 9.01. The van der Waals surface area contributed by atoms with Gasteiger partial charge in [-0.3, -0.25) is 9.69 Å². The fourth-order valence-corrected chi connectivity index (χ4v) is 4.32. The third kappa shape index (κ3) is 2.36. The lowest BCUT2D eigenvalue weighted by Crippen LogP contribution is -2.49. The van der Waals surface area contributed by atoms with Crippen LogP contribution in [-0.2, 0) is 0 Å². The number of fused-ring (bicyclic) bond motifs is 3. The minimum atomic E-state index is 0.140. The van der Waals surface area contributed by atoms with Gasteiger partial charge in [-0.15, -0.1) is 0 Å². The number of hydrogen-bond donors (Lipinski definition) is 1. The molecular formula is C21H21N3O. The van der Waals surface area contributed by atoms with E-state index < -0.39 is 0 Å². The highest BCUT2D eigenvalue weighted by Gasteiger charge is 2.36. The first kappa shape index (κ1) is 14.7. The van der Waals surface area contributed by atoms with Crippen LogP contribution in [-0.4, -0.2) is 52.9 Å². The number of aromatic amines is 1. The predicted octanol–water partition coefficient (Wildman–Crippen LogP) is 3.37. The monoisotopic (exact) mass is 331 g/mol. The molecule has 2 atom stereocenters. The van der Waals surface area contributed by atoms with Gasteiger partial charge in [0.25, 0.3) is 5.91 Å². The van der Waals surface area contributed by atoms with Gasteiger partial charge in [0, 0.05) is 48.7 Å². The number of aromatic nitrogens is 1. The second-order valence-electron chi connectivity index (χ2n) is 7.03. The molecule has 3 aromatic rings. The molecule has 2 aliphatic heterocycles. The second-order valence-corrected chi connectivity index (χ2v) is 7.03. The van der Waals surface area contributed by atoms with Crippen molar-refractivity contribution in [2.24, 2.45) is 0 Å². The van der Waals surface area contributed by atoms with Crippen LogP contribution in [0.1, 0.15) is 16.9 Å². The molecule has 0 spiro atoms. The van der Waals surface area contributed by atoms with Crippen LogP contribution in [0.3, 0.4) is 0 Å². The van der Waals surface area contributed by atoms with Crippen molar-refractivity contribution in [3.63, 3.8) is 0 Å². The number of rotatable bonds is 2. The zero-order valence-corrected chi connectivity index (χ0v) is 14.1. The molecule has 2 aliphatic rings. The summed E-state index contributed by atoms with van der Waals surface area (Å²) in [5.41, 5.74) is 3.87. The molecular weight excluding hydrogens is 310 g/mol. The van der Waals surface area contributed by atoms with E-state index >= 15 is 0 Å². The molecule has 2 unspecified atom stereocenters. The topological polar surface area (TPSA) is 39.3 Å². The predicted molar refractivity (Wildman–Crippen MR) is 99.6 cm³/mol. The van der Waals surface area contributed by atoms with Crippen molar-refractivity contribution in [3.05, 3.63) is 60.3 Å². The number of nitrogens with one attached hydrogen (secondary N) is 1. The van der Waals surface area contributed by atoms with Gasteiger partial charge >= 0.3 is 0 Å². The quantitative estimate of drug-likeness (QED) is 0.782. The summed E-state index contributed by atoms with van der Waals surface area (Å²) in [5, 5.41) is 1.11. The largest absolute Gasteiger partial charge is 0.350 e. The number of para-hydroxylation sites is 1. The molecule has 3 heterocycles. The number of carbonyl (C=O) groups excluding carboxylic acids is 1. The Morgan fingerprint density at radius 2 is 1.76 bits per heavy atom. The second kappa shape index (κ2) is 5.74. The fourth-order valence-electron chi connectivity index (χ4n) is 4.32. The molecule has 4 heteroatoms. The molecule has 5 rings (SSSR count). The van der Waals surface area contributed by atoms with Crippen LogP contribution in [0.25, 0.3) is 22.0 Å². The van der Waals surface area contributed by atoms with E-state index in [1.807, 2.05) is 36.4 Å². The number of benzene rings is 2. The highest BCUT2D eigenvalue weighted by atomic mass is 16.2. The number of nitrogens with zero attached hydrogens (tertiary/aromatic N) is 2. The van der Waals surface area contributed by atoms with Crippen LogP contribution in [0.15, 0.2) is 54.6 Å². The van der Waals surface area contributed by atoms with Gasteiger partial charge in [0.1, 0.15) is 5.69 Å². The Kier molecular flexibility index (Phi) is 3.38. The first-order chi connectivity index (χ1) is 12.3. The Bertz CT molecular complexity index is 931. The van der Waals surface area contributed by atoms with Crippen LogP contribution >= 0.6 is 0 Å². The molecule has 0 aliphatic carbocycles. The van der Waals surface area contributed by atoms with Crippen molar-refractivity contribution in [1.29, 1.82) is 0 Å². The van der Waals surface area contributed by atoms with Crippen LogP contribution < -0.4 is 0 Å². The van der Waals surface area contributed by atoms with Gasteiger partial charge in [-0.1, -0.05) is 48.5 Å². The molecule has 2 bridgehead atoms. The van der Waals surface area contributed by atoms with E-state index in [9.17, 15) is 4.79 Å². The summed E-state index contributed by atoms with van der Waals surface area (Å²) in [6.07, 6.45) is 1.09.